The average Bonchev–Trinajstić information content (AvgIpc) is 2.59. The SMILES string of the molecule is COc1ccccc1/C=C/C(=O)Nc1ccc(OCC(C)C)cc1. The summed E-state index contributed by atoms with van der Waals surface area (Å²) in [5.74, 6) is 1.81. The van der Waals surface area contributed by atoms with E-state index in [2.05, 4.69) is 19.2 Å². The predicted molar refractivity (Wildman–Crippen MR) is 97.4 cm³/mol. The van der Waals surface area contributed by atoms with E-state index in [0.717, 1.165) is 22.7 Å². The molecule has 126 valence electrons. The molecule has 0 aliphatic carbocycles. The summed E-state index contributed by atoms with van der Waals surface area (Å²) in [6.07, 6.45) is 3.22. The first-order chi connectivity index (χ1) is 11.6. The minimum atomic E-state index is -0.197. The molecule has 24 heavy (non-hydrogen) atoms. The van der Waals surface area contributed by atoms with Crippen LogP contribution in [0.15, 0.2) is 54.6 Å². The predicted octanol–water partition coefficient (Wildman–Crippen LogP) is 4.38. The third-order valence-corrected chi connectivity index (χ3v) is 3.26. The molecular formula is C20H23NO3. The fourth-order valence-electron chi connectivity index (χ4n) is 2.05. The highest BCUT2D eigenvalue weighted by molar-refractivity contribution is 6.02. The summed E-state index contributed by atoms with van der Waals surface area (Å²) in [5, 5.41) is 2.82. The van der Waals surface area contributed by atoms with Crippen LogP contribution in [0.4, 0.5) is 5.69 Å². The molecule has 0 aliphatic rings. The molecule has 4 heteroatoms. The zero-order valence-corrected chi connectivity index (χ0v) is 14.3. The van der Waals surface area contributed by atoms with Crippen LogP contribution in [0.25, 0.3) is 6.08 Å². The topological polar surface area (TPSA) is 47.6 Å². The van der Waals surface area contributed by atoms with E-state index in [0.29, 0.717) is 12.5 Å². The number of para-hydroxylation sites is 1. The Labute approximate surface area is 143 Å². The smallest absolute Gasteiger partial charge is 0.248 e. The van der Waals surface area contributed by atoms with Crippen molar-refractivity contribution in [1.82, 2.24) is 0 Å². The zero-order valence-electron chi connectivity index (χ0n) is 14.3. The van der Waals surface area contributed by atoms with E-state index >= 15 is 0 Å². The van der Waals surface area contributed by atoms with E-state index in [-0.39, 0.29) is 5.91 Å². The molecule has 4 nitrogen and oxygen atoms in total. The quantitative estimate of drug-likeness (QED) is 0.768. The van der Waals surface area contributed by atoms with Gasteiger partial charge in [-0.3, -0.25) is 4.79 Å². The minimum Gasteiger partial charge on any atom is -0.496 e. The van der Waals surface area contributed by atoms with Crippen molar-refractivity contribution in [2.24, 2.45) is 5.92 Å². The molecule has 0 spiro atoms. The van der Waals surface area contributed by atoms with Gasteiger partial charge in [-0.15, -0.1) is 0 Å². The van der Waals surface area contributed by atoms with Crippen molar-refractivity contribution >= 4 is 17.7 Å². The number of nitrogens with one attached hydrogen (secondary N) is 1. The van der Waals surface area contributed by atoms with E-state index in [1.807, 2.05) is 48.5 Å². The lowest BCUT2D eigenvalue weighted by molar-refractivity contribution is -0.111. The third-order valence-electron chi connectivity index (χ3n) is 3.26. The number of benzene rings is 2. The fourth-order valence-corrected chi connectivity index (χ4v) is 2.05. The van der Waals surface area contributed by atoms with Crippen molar-refractivity contribution in [3.8, 4) is 11.5 Å². The van der Waals surface area contributed by atoms with E-state index in [1.165, 1.54) is 6.08 Å². The second-order valence-electron chi connectivity index (χ2n) is 5.79. The van der Waals surface area contributed by atoms with Gasteiger partial charge in [0.05, 0.1) is 13.7 Å². The van der Waals surface area contributed by atoms with Gasteiger partial charge in [-0.2, -0.15) is 0 Å². The van der Waals surface area contributed by atoms with Crippen LogP contribution in [0.3, 0.4) is 0 Å². The number of amides is 1. The van der Waals surface area contributed by atoms with Crippen molar-refractivity contribution in [1.29, 1.82) is 0 Å². The summed E-state index contributed by atoms with van der Waals surface area (Å²) >= 11 is 0. The largest absolute Gasteiger partial charge is 0.496 e. The second-order valence-corrected chi connectivity index (χ2v) is 5.79. The van der Waals surface area contributed by atoms with Crippen LogP contribution in [0.2, 0.25) is 0 Å². The molecule has 2 rings (SSSR count). The first-order valence-electron chi connectivity index (χ1n) is 7.93. The number of carbonyl (C=O) groups is 1. The van der Waals surface area contributed by atoms with Gasteiger partial charge < -0.3 is 14.8 Å². The third kappa shape index (κ3) is 5.47. The van der Waals surface area contributed by atoms with Gasteiger partial charge in [-0.25, -0.2) is 0 Å². The molecule has 0 fully saturated rings. The molecule has 0 atom stereocenters. The lowest BCUT2D eigenvalue weighted by atomic mass is 10.2. The monoisotopic (exact) mass is 325 g/mol. The highest BCUT2D eigenvalue weighted by Gasteiger charge is 2.02. The van der Waals surface area contributed by atoms with E-state index in [1.54, 1.807) is 13.2 Å². The maximum absolute atomic E-state index is 12.0. The Morgan fingerprint density at radius 1 is 1.12 bits per heavy atom. The highest BCUT2D eigenvalue weighted by Crippen LogP contribution is 2.19. The summed E-state index contributed by atoms with van der Waals surface area (Å²) in [6.45, 7) is 4.87. The fraction of sp³-hybridized carbons (Fsp3) is 0.250. The van der Waals surface area contributed by atoms with Gasteiger partial charge >= 0.3 is 0 Å². The van der Waals surface area contributed by atoms with E-state index in [9.17, 15) is 4.79 Å². The van der Waals surface area contributed by atoms with Crippen LogP contribution < -0.4 is 14.8 Å². The Kier molecular flexibility index (Phi) is 6.43. The molecule has 0 saturated heterocycles. The molecule has 0 unspecified atom stereocenters. The van der Waals surface area contributed by atoms with Gasteiger partial charge in [0.2, 0.25) is 5.91 Å². The molecule has 2 aromatic carbocycles. The molecule has 0 bridgehead atoms. The Morgan fingerprint density at radius 3 is 2.50 bits per heavy atom. The molecule has 0 aromatic heterocycles. The number of anilines is 1. The van der Waals surface area contributed by atoms with Crippen LogP contribution >= 0.6 is 0 Å². The number of hydrogen-bond acceptors (Lipinski definition) is 3. The first kappa shape index (κ1) is 17.6. The maximum Gasteiger partial charge on any atom is 0.248 e. The molecule has 1 N–H and O–H groups in total. The van der Waals surface area contributed by atoms with Crippen LogP contribution in [0, 0.1) is 5.92 Å². The molecule has 0 saturated carbocycles. The number of hydrogen-bond donors (Lipinski definition) is 1. The van der Waals surface area contributed by atoms with Crippen LogP contribution in [0.1, 0.15) is 19.4 Å². The molecule has 0 heterocycles. The van der Waals surface area contributed by atoms with E-state index in [4.69, 9.17) is 9.47 Å². The van der Waals surface area contributed by atoms with Gasteiger partial charge in [-0.05, 0) is 42.3 Å². The summed E-state index contributed by atoms with van der Waals surface area (Å²) < 4.78 is 10.9. The van der Waals surface area contributed by atoms with Gasteiger partial charge in [0.1, 0.15) is 11.5 Å². The average molecular weight is 325 g/mol. The summed E-state index contributed by atoms with van der Waals surface area (Å²) in [7, 11) is 1.61. The Balaban J connectivity index is 1.93. The summed E-state index contributed by atoms with van der Waals surface area (Å²) in [5.41, 5.74) is 1.58. The lowest BCUT2D eigenvalue weighted by Gasteiger charge is -2.09. The number of ether oxygens (including phenoxy) is 2. The zero-order chi connectivity index (χ0) is 17.4. The molecule has 0 aliphatic heterocycles. The second kappa shape index (κ2) is 8.77. The van der Waals surface area contributed by atoms with Crippen molar-refractivity contribution < 1.29 is 14.3 Å². The van der Waals surface area contributed by atoms with Crippen LogP contribution in [0.5, 0.6) is 11.5 Å². The normalized spacial score (nSPS) is 10.8. The Bertz CT molecular complexity index is 690. The highest BCUT2D eigenvalue weighted by atomic mass is 16.5. The first-order valence-corrected chi connectivity index (χ1v) is 7.93. The van der Waals surface area contributed by atoms with Crippen molar-refractivity contribution in [3.05, 3.63) is 60.2 Å². The van der Waals surface area contributed by atoms with Crippen molar-refractivity contribution in [2.75, 3.05) is 19.0 Å². The lowest BCUT2D eigenvalue weighted by Crippen LogP contribution is -2.08. The van der Waals surface area contributed by atoms with E-state index < -0.39 is 0 Å². The molecule has 1 amide bonds. The number of methoxy groups -OCH3 is 1. The van der Waals surface area contributed by atoms with Gasteiger partial charge in [-0.1, -0.05) is 32.0 Å². The van der Waals surface area contributed by atoms with Gasteiger partial charge in [0.25, 0.3) is 0 Å². The van der Waals surface area contributed by atoms with Crippen LogP contribution in [-0.4, -0.2) is 19.6 Å². The number of rotatable bonds is 7. The molecular weight excluding hydrogens is 302 g/mol. The van der Waals surface area contributed by atoms with Gasteiger partial charge in [0, 0.05) is 17.3 Å². The number of carbonyl (C=O) groups excluding carboxylic acids is 1. The Hall–Kier alpha value is -2.75. The summed E-state index contributed by atoms with van der Waals surface area (Å²) in [6, 6.07) is 14.9. The Morgan fingerprint density at radius 2 is 1.83 bits per heavy atom. The molecule has 2 aromatic rings. The van der Waals surface area contributed by atoms with Gasteiger partial charge in [0.15, 0.2) is 0 Å². The standard InChI is InChI=1S/C20H23NO3/c1-15(2)14-24-18-11-9-17(10-12-18)21-20(22)13-8-16-6-4-5-7-19(16)23-3/h4-13,15H,14H2,1-3H3,(H,21,22)/b13-8+. The summed E-state index contributed by atoms with van der Waals surface area (Å²) in [4.78, 5) is 12.0. The van der Waals surface area contributed by atoms with Crippen molar-refractivity contribution in [3.63, 3.8) is 0 Å². The molecule has 0 radical (unpaired) electrons. The minimum absolute atomic E-state index is 0.197. The van der Waals surface area contributed by atoms with Crippen LogP contribution in [-0.2, 0) is 4.79 Å². The van der Waals surface area contributed by atoms with Crippen molar-refractivity contribution in [2.45, 2.75) is 13.8 Å². The maximum atomic E-state index is 12.0.